The molecule has 3 aliphatic heterocycles. The van der Waals surface area contributed by atoms with Gasteiger partial charge >= 0.3 is 0 Å². The molecule has 13 heteroatoms. The quantitative estimate of drug-likeness (QED) is 0.109. The summed E-state index contributed by atoms with van der Waals surface area (Å²) in [6.45, 7) is 6.78. The van der Waals surface area contributed by atoms with Crippen molar-refractivity contribution >= 4 is 46.7 Å². The molecule has 3 heterocycles. The predicted molar refractivity (Wildman–Crippen MR) is 235 cm³/mol. The lowest BCUT2D eigenvalue weighted by atomic mass is 10.1. The number of methoxy groups -OCH3 is 2. The van der Waals surface area contributed by atoms with Crippen LogP contribution in [0.25, 0.3) is 0 Å². The Labute approximate surface area is 350 Å². The molecule has 60 heavy (non-hydrogen) atoms. The van der Waals surface area contributed by atoms with Crippen LogP contribution in [0, 0.1) is 0 Å². The van der Waals surface area contributed by atoms with Gasteiger partial charge in [-0.1, -0.05) is 55.1 Å². The van der Waals surface area contributed by atoms with E-state index in [0.717, 1.165) is 28.9 Å². The molecule has 0 aromatic heterocycles. The molecule has 310 valence electrons. The number of benzene rings is 4. The van der Waals surface area contributed by atoms with Gasteiger partial charge in [0.15, 0.2) is 23.0 Å². The summed E-state index contributed by atoms with van der Waals surface area (Å²) in [6.07, 6.45) is 8.69. The zero-order valence-electron chi connectivity index (χ0n) is 34.5. The first-order valence-corrected chi connectivity index (χ1v) is 19.9. The Morgan fingerprint density at radius 2 is 1.58 bits per heavy atom. The SMILES string of the molecule is C=C/C(=C\C(=C/CNC(=O)C(C)NC)COc1cc(NC)c(C(=O)N2CCc3ccccc32)cc1OC)COc1cc2c(cc1OC)C(=O)N1c3ccccc3CC1C=N2. The third kappa shape index (κ3) is 8.48. The van der Waals surface area contributed by atoms with Crippen molar-refractivity contribution in [2.75, 3.05) is 69.7 Å². The van der Waals surface area contributed by atoms with Crippen LogP contribution in [0.2, 0.25) is 0 Å². The van der Waals surface area contributed by atoms with Gasteiger partial charge in [0.2, 0.25) is 5.91 Å². The fourth-order valence-electron chi connectivity index (χ4n) is 7.55. The number of nitrogens with zero attached hydrogens (tertiary/aromatic N) is 3. The molecule has 4 aromatic rings. The van der Waals surface area contributed by atoms with E-state index in [2.05, 4.69) is 22.5 Å². The van der Waals surface area contributed by atoms with Crippen LogP contribution in [0.15, 0.2) is 114 Å². The van der Waals surface area contributed by atoms with Gasteiger partial charge in [-0.25, -0.2) is 0 Å². The summed E-state index contributed by atoms with van der Waals surface area (Å²) >= 11 is 0. The minimum Gasteiger partial charge on any atom is -0.493 e. The molecule has 7 rings (SSSR count). The minimum absolute atomic E-state index is 0.0703. The van der Waals surface area contributed by atoms with E-state index in [1.54, 1.807) is 61.2 Å². The minimum atomic E-state index is -0.381. The van der Waals surface area contributed by atoms with Crippen LogP contribution in [-0.2, 0) is 17.6 Å². The number of anilines is 3. The molecular formula is C47H50N6O7. The van der Waals surface area contributed by atoms with Crippen molar-refractivity contribution in [1.29, 1.82) is 0 Å². The number of hydrogen-bond acceptors (Lipinski definition) is 10. The van der Waals surface area contributed by atoms with Crippen molar-refractivity contribution in [3.63, 3.8) is 0 Å². The van der Waals surface area contributed by atoms with Gasteiger partial charge in [0.25, 0.3) is 11.8 Å². The zero-order chi connectivity index (χ0) is 42.3. The number of ether oxygens (including phenoxy) is 4. The fourth-order valence-corrected chi connectivity index (χ4v) is 7.55. The highest BCUT2D eigenvalue weighted by Crippen LogP contribution is 2.41. The molecule has 3 amide bonds. The van der Waals surface area contributed by atoms with Gasteiger partial charge < -0.3 is 39.8 Å². The molecule has 2 atom stereocenters. The molecule has 0 radical (unpaired) electrons. The molecule has 3 N–H and O–H groups in total. The summed E-state index contributed by atoms with van der Waals surface area (Å²) in [6, 6.07) is 22.1. The smallest absolute Gasteiger partial charge is 0.261 e. The van der Waals surface area contributed by atoms with Gasteiger partial charge in [0, 0.05) is 56.3 Å². The average molecular weight is 811 g/mol. The van der Waals surface area contributed by atoms with E-state index >= 15 is 0 Å². The van der Waals surface area contributed by atoms with Crippen molar-refractivity contribution in [3.8, 4) is 23.0 Å². The highest BCUT2D eigenvalue weighted by Gasteiger charge is 2.36. The summed E-state index contributed by atoms with van der Waals surface area (Å²) in [5.41, 5.74) is 7.37. The monoisotopic (exact) mass is 810 g/mol. The first kappa shape index (κ1) is 41.3. The van der Waals surface area contributed by atoms with E-state index in [1.807, 2.05) is 66.9 Å². The van der Waals surface area contributed by atoms with Crippen LogP contribution in [0.1, 0.15) is 38.8 Å². The first-order chi connectivity index (χ1) is 29.2. The highest BCUT2D eigenvalue weighted by atomic mass is 16.5. The summed E-state index contributed by atoms with van der Waals surface area (Å²) in [5.74, 6) is 1.13. The topological polar surface area (TPSA) is 143 Å². The molecule has 0 bridgehead atoms. The van der Waals surface area contributed by atoms with Gasteiger partial charge in [-0.15, -0.1) is 0 Å². The molecule has 0 saturated heterocycles. The highest BCUT2D eigenvalue weighted by molar-refractivity contribution is 6.15. The number of carbonyl (C=O) groups is 3. The van der Waals surface area contributed by atoms with Gasteiger partial charge in [-0.2, -0.15) is 0 Å². The Morgan fingerprint density at radius 1 is 0.900 bits per heavy atom. The third-order valence-corrected chi connectivity index (χ3v) is 11.0. The fraction of sp³-hybridized carbons (Fsp3) is 0.277. The maximum Gasteiger partial charge on any atom is 0.261 e. The van der Waals surface area contributed by atoms with E-state index in [9.17, 15) is 14.4 Å². The lowest BCUT2D eigenvalue weighted by molar-refractivity contribution is -0.122. The van der Waals surface area contributed by atoms with E-state index in [0.29, 0.717) is 69.6 Å². The lowest BCUT2D eigenvalue weighted by Gasteiger charge is -2.22. The molecule has 0 aliphatic carbocycles. The molecule has 0 spiro atoms. The van der Waals surface area contributed by atoms with E-state index < -0.39 is 0 Å². The maximum atomic E-state index is 13.9. The summed E-state index contributed by atoms with van der Waals surface area (Å²) in [5, 5.41) is 9.02. The lowest BCUT2D eigenvalue weighted by Crippen LogP contribution is -2.40. The van der Waals surface area contributed by atoms with Gasteiger partial charge in [-0.3, -0.25) is 24.3 Å². The molecule has 3 aliphatic rings. The number of aliphatic imine (C=N–C) groups is 1. The molecule has 13 nitrogen and oxygen atoms in total. The molecule has 2 unspecified atom stereocenters. The van der Waals surface area contributed by atoms with Crippen molar-refractivity contribution in [3.05, 3.63) is 131 Å². The normalized spacial score (nSPS) is 15.9. The molecular weight excluding hydrogens is 761 g/mol. The number of fused-ring (bicyclic) bond motifs is 5. The summed E-state index contributed by atoms with van der Waals surface area (Å²) in [4.78, 5) is 48.7. The van der Waals surface area contributed by atoms with Crippen LogP contribution < -0.4 is 44.7 Å². The van der Waals surface area contributed by atoms with Crippen LogP contribution in [0.5, 0.6) is 23.0 Å². The largest absolute Gasteiger partial charge is 0.493 e. The van der Waals surface area contributed by atoms with Crippen molar-refractivity contribution < 1.29 is 33.3 Å². The summed E-state index contributed by atoms with van der Waals surface area (Å²) < 4.78 is 24.2. The standard InChI is InChI=1S/C47H50N6O7/c1-7-30(27-59-44-25-38-36(23-42(44)58-6)47(56)53-34(26-51-38)21-33-13-9-11-15-40(33)53)20-31(16-18-50-45(54)29(2)48-3)28-60-43-24-37(49-4)35(22-41(43)57-5)46(55)52-19-17-32-12-8-10-14-39(32)52/h7-16,20,22-26,29,34,48-49H,1,17-19,21,27-28H2,2-6H3,(H,50,54)/b30-20+,31-16+. The Kier molecular flexibility index (Phi) is 12.7. The van der Waals surface area contributed by atoms with Crippen molar-refractivity contribution in [2.24, 2.45) is 4.99 Å². The van der Waals surface area contributed by atoms with Gasteiger partial charge in [0.1, 0.15) is 13.2 Å². The van der Waals surface area contributed by atoms with Gasteiger partial charge in [-0.05, 0) is 73.0 Å². The molecule has 0 fully saturated rings. The van der Waals surface area contributed by atoms with Crippen LogP contribution in [0.3, 0.4) is 0 Å². The molecule has 0 saturated carbocycles. The van der Waals surface area contributed by atoms with Crippen LogP contribution >= 0.6 is 0 Å². The number of rotatable bonds is 16. The third-order valence-electron chi connectivity index (χ3n) is 11.0. The average Bonchev–Trinajstić information content (AvgIpc) is 3.85. The second-order valence-corrected chi connectivity index (χ2v) is 14.5. The Morgan fingerprint density at radius 3 is 2.30 bits per heavy atom. The van der Waals surface area contributed by atoms with E-state index in [4.69, 9.17) is 23.9 Å². The maximum absolute atomic E-state index is 13.9. The number of nitrogens with one attached hydrogen (secondary N) is 3. The van der Waals surface area contributed by atoms with E-state index in [-0.39, 0.29) is 49.6 Å². The molecule has 4 aromatic carbocycles. The predicted octanol–water partition coefficient (Wildman–Crippen LogP) is 6.46. The van der Waals surface area contributed by atoms with Crippen LogP contribution in [-0.4, -0.2) is 90.6 Å². The van der Waals surface area contributed by atoms with Crippen molar-refractivity contribution in [2.45, 2.75) is 31.8 Å². The second kappa shape index (κ2) is 18.4. The Balaban J connectivity index is 1.11. The zero-order valence-corrected chi connectivity index (χ0v) is 34.5. The first-order valence-electron chi connectivity index (χ1n) is 19.9. The number of hydrogen-bond donors (Lipinski definition) is 3. The van der Waals surface area contributed by atoms with E-state index in [1.165, 1.54) is 14.2 Å². The number of para-hydroxylation sites is 2. The number of amides is 3. The Hall–Kier alpha value is -6.86. The second-order valence-electron chi connectivity index (χ2n) is 14.5. The number of likely N-dealkylation sites (N-methyl/N-ethyl adjacent to an activating group) is 1. The van der Waals surface area contributed by atoms with Crippen molar-refractivity contribution in [1.82, 2.24) is 10.6 Å². The summed E-state index contributed by atoms with van der Waals surface area (Å²) in [7, 11) is 6.54. The number of carbonyl (C=O) groups excluding carboxylic acids is 3. The van der Waals surface area contributed by atoms with Gasteiger partial charge in [0.05, 0.1) is 48.8 Å². The van der Waals surface area contributed by atoms with Crippen LogP contribution in [0.4, 0.5) is 22.7 Å². The Bertz CT molecular complexity index is 2410.